The predicted molar refractivity (Wildman–Crippen MR) is 78.8 cm³/mol. The molecule has 1 saturated heterocycles. The molecule has 1 aliphatic heterocycles. The Morgan fingerprint density at radius 1 is 1.23 bits per heavy atom. The molecule has 22 heavy (non-hydrogen) atoms. The molecule has 2 rings (SSSR count). The lowest BCUT2D eigenvalue weighted by Gasteiger charge is -2.22. The van der Waals surface area contributed by atoms with Crippen molar-refractivity contribution in [3.63, 3.8) is 0 Å². The van der Waals surface area contributed by atoms with Crippen molar-refractivity contribution in [2.45, 2.75) is 38.1 Å². The molecule has 0 N–H and O–H groups in total. The number of hydrogen-bond acceptors (Lipinski definition) is 3. The van der Waals surface area contributed by atoms with Crippen molar-refractivity contribution in [1.82, 2.24) is 0 Å². The van der Waals surface area contributed by atoms with Crippen molar-refractivity contribution < 1.29 is 27.4 Å². The number of halogens is 4. The van der Waals surface area contributed by atoms with Gasteiger partial charge >= 0.3 is 6.18 Å². The third-order valence-corrected chi connectivity index (χ3v) is 3.73. The SMILES string of the molecule is FC(F)(F)c1cc(Br)ccc1OCCCOC1CCCCO1. The zero-order valence-corrected chi connectivity index (χ0v) is 13.6. The molecular formula is C15H18BrF3O3. The van der Waals surface area contributed by atoms with Gasteiger partial charge in [0.1, 0.15) is 5.75 Å². The van der Waals surface area contributed by atoms with Crippen LogP contribution < -0.4 is 4.74 Å². The summed E-state index contributed by atoms with van der Waals surface area (Å²) in [6.45, 7) is 1.27. The van der Waals surface area contributed by atoms with Gasteiger partial charge in [0, 0.05) is 17.5 Å². The summed E-state index contributed by atoms with van der Waals surface area (Å²) in [6, 6.07) is 3.86. The molecule has 0 spiro atoms. The van der Waals surface area contributed by atoms with E-state index >= 15 is 0 Å². The van der Waals surface area contributed by atoms with E-state index in [4.69, 9.17) is 14.2 Å². The second-order valence-electron chi connectivity index (χ2n) is 5.01. The number of hydrogen-bond donors (Lipinski definition) is 0. The van der Waals surface area contributed by atoms with Crippen LogP contribution in [0.4, 0.5) is 13.2 Å². The summed E-state index contributed by atoms with van der Waals surface area (Å²) in [4.78, 5) is 0. The molecule has 1 aliphatic rings. The first-order chi connectivity index (χ1) is 10.5. The molecule has 3 nitrogen and oxygen atoms in total. The molecule has 0 saturated carbocycles. The fourth-order valence-corrected chi connectivity index (χ4v) is 2.51. The van der Waals surface area contributed by atoms with Crippen LogP contribution in [-0.2, 0) is 15.7 Å². The fraction of sp³-hybridized carbons (Fsp3) is 0.600. The fourth-order valence-electron chi connectivity index (χ4n) is 2.15. The third-order valence-electron chi connectivity index (χ3n) is 3.23. The van der Waals surface area contributed by atoms with Gasteiger partial charge in [-0.2, -0.15) is 13.2 Å². The molecule has 0 aliphatic carbocycles. The van der Waals surface area contributed by atoms with E-state index in [1.165, 1.54) is 12.1 Å². The Balaban J connectivity index is 1.77. The smallest absolute Gasteiger partial charge is 0.420 e. The summed E-state index contributed by atoms with van der Waals surface area (Å²) < 4.78 is 55.2. The van der Waals surface area contributed by atoms with Crippen molar-refractivity contribution >= 4 is 15.9 Å². The van der Waals surface area contributed by atoms with Crippen LogP contribution in [0.5, 0.6) is 5.75 Å². The van der Waals surface area contributed by atoms with Crippen LogP contribution in [0.25, 0.3) is 0 Å². The van der Waals surface area contributed by atoms with Crippen molar-refractivity contribution in [3.05, 3.63) is 28.2 Å². The van der Waals surface area contributed by atoms with Crippen molar-refractivity contribution in [2.24, 2.45) is 0 Å². The Bertz CT molecular complexity index is 474. The summed E-state index contributed by atoms with van der Waals surface area (Å²) in [5, 5.41) is 0. The molecule has 1 aromatic rings. The molecule has 0 radical (unpaired) electrons. The van der Waals surface area contributed by atoms with Crippen LogP contribution in [0.15, 0.2) is 22.7 Å². The highest BCUT2D eigenvalue weighted by Crippen LogP contribution is 2.37. The molecule has 1 fully saturated rings. The first kappa shape index (κ1) is 17.6. The van der Waals surface area contributed by atoms with Crippen LogP contribution in [0.2, 0.25) is 0 Å². The highest BCUT2D eigenvalue weighted by Gasteiger charge is 2.34. The Morgan fingerprint density at radius 2 is 2.05 bits per heavy atom. The van der Waals surface area contributed by atoms with E-state index in [1.807, 2.05) is 0 Å². The minimum Gasteiger partial charge on any atom is -0.493 e. The van der Waals surface area contributed by atoms with Crippen LogP contribution >= 0.6 is 15.9 Å². The molecule has 1 aromatic carbocycles. The minimum absolute atomic E-state index is 0.162. The first-order valence-corrected chi connectivity index (χ1v) is 7.99. The van der Waals surface area contributed by atoms with Crippen molar-refractivity contribution in [2.75, 3.05) is 19.8 Å². The molecule has 1 atom stereocenters. The van der Waals surface area contributed by atoms with Crippen molar-refractivity contribution in [3.8, 4) is 5.75 Å². The standard InChI is InChI=1S/C15H18BrF3O3/c16-11-5-6-13(12(10-11)15(17,18)19)20-8-3-9-22-14-4-1-2-7-21-14/h5-6,10,14H,1-4,7-9H2. The minimum atomic E-state index is -4.44. The van der Waals surface area contributed by atoms with E-state index in [9.17, 15) is 13.2 Å². The van der Waals surface area contributed by atoms with Gasteiger partial charge in [-0.15, -0.1) is 0 Å². The second kappa shape index (κ2) is 8.17. The summed E-state index contributed by atoms with van der Waals surface area (Å²) in [7, 11) is 0. The third kappa shape index (κ3) is 5.44. The molecule has 1 unspecified atom stereocenters. The first-order valence-electron chi connectivity index (χ1n) is 7.19. The van der Waals surface area contributed by atoms with Crippen LogP contribution in [-0.4, -0.2) is 26.1 Å². The van der Waals surface area contributed by atoms with Gasteiger partial charge < -0.3 is 14.2 Å². The Hall–Kier alpha value is -0.790. The van der Waals surface area contributed by atoms with E-state index in [0.717, 1.165) is 25.3 Å². The van der Waals surface area contributed by atoms with Gasteiger partial charge in [0.2, 0.25) is 0 Å². The van der Waals surface area contributed by atoms with Gasteiger partial charge in [-0.05, 0) is 37.5 Å². The maximum Gasteiger partial charge on any atom is 0.420 e. The van der Waals surface area contributed by atoms with E-state index in [1.54, 1.807) is 0 Å². The molecule has 0 aromatic heterocycles. The number of ether oxygens (including phenoxy) is 3. The Labute approximate surface area is 135 Å². The summed E-state index contributed by atoms with van der Waals surface area (Å²) in [5.74, 6) is -0.162. The Kier molecular flexibility index (Phi) is 6.52. The topological polar surface area (TPSA) is 27.7 Å². The molecule has 0 amide bonds. The molecule has 7 heteroatoms. The van der Waals surface area contributed by atoms with Gasteiger partial charge in [0.15, 0.2) is 6.29 Å². The van der Waals surface area contributed by atoms with Crippen LogP contribution in [0.1, 0.15) is 31.2 Å². The van der Waals surface area contributed by atoms with Gasteiger partial charge in [0.05, 0.1) is 18.8 Å². The van der Waals surface area contributed by atoms with E-state index in [2.05, 4.69) is 15.9 Å². The van der Waals surface area contributed by atoms with Crippen LogP contribution in [0, 0.1) is 0 Å². The summed E-state index contributed by atoms with van der Waals surface area (Å²) in [6.07, 6.45) is -1.13. The van der Waals surface area contributed by atoms with Crippen LogP contribution in [0.3, 0.4) is 0 Å². The molecule has 1 heterocycles. The van der Waals surface area contributed by atoms with E-state index in [-0.39, 0.29) is 18.6 Å². The number of benzene rings is 1. The van der Waals surface area contributed by atoms with E-state index in [0.29, 0.717) is 24.1 Å². The Morgan fingerprint density at radius 3 is 2.73 bits per heavy atom. The molecular weight excluding hydrogens is 365 g/mol. The lowest BCUT2D eigenvalue weighted by atomic mass is 10.2. The number of rotatable bonds is 6. The second-order valence-corrected chi connectivity index (χ2v) is 5.92. The average molecular weight is 383 g/mol. The van der Waals surface area contributed by atoms with E-state index < -0.39 is 11.7 Å². The van der Waals surface area contributed by atoms with Gasteiger partial charge in [-0.3, -0.25) is 0 Å². The zero-order chi connectivity index (χ0) is 16.0. The lowest BCUT2D eigenvalue weighted by Crippen LogP contribution is -2.23. The highest BCUT2D eigenvalue weighted by molar-refractivity contribution is 9.10. The maximum atomic E-state index is 12.9. The largest absolute Gasteiger partial charge is 0.493 e. The highest BCUT2D eigenvalue weighted by atomic mass is 79.9. The van der Waals surface area contributed by atoms with Gasteiger partial charge in [0.25, 0.3) is 0 Å². The lowest BCUT2D eigenvalue weighted by molar-refractivity contribution is -0.163. The quantitative estimate of drug-likeness (QED) is 0.662. The zero-order valence-electron chi connectivity index (χ0n) is 12.0. The van der Waals surface area contributed by atoms with Gasteiger partial charge in [-0.1, -0.05) is 15.9 Å². The normalized spacial score (nSPS) is 19.2. The average Bonchev–Trinajstić information content (AvgIpc) is 2.48. The molecule has 124 valence electrons. The summed E-state index contributed by atoms with van der Waals surface area (Å²) >= 11 is 3.04. The maximum absolute atomic E-state index is 12.9. The monoisotopic (exact) mass is 382 g/mol. The predicted octanol–water partition coefficient (Wildman–Crippen LogP) is 4.78. The summed E-state index contributed by atoms with van der Waals surface area (Å²) in [5.41, 5.74) is -0.779. The molecule has 0 bridgehead atoms. The van der Waals surface area contributed by atoms with Gasteiger partial charge in [-0.25, -0.2) is 0 Å². The van der Waals surface area contributed by atoms with Crippen molar-refractivity contribution in [1.29, 1.82) is 0 Å². The number of alkyl halides is 3.